The van der Waals surface area contributed by atoms with Crippen LogP contribution in [0.15, 0.2) is 65.5 Å². The average Bonchev–Trinajstić information content (AvgIpc) is 2.90. The van der Waals surface area contributed by atoms with Crippen molar-refractivity contribution in [1.29, 1.82) is 0 Å². The van der Waals surface area contributed by atoms with Crippen LogP contribution in [0.1, 0.15) is 15.9 Å². The van der Waals surface area contributed by atoms with E-state index in [9.17, 15) is 9.59 Å². The van der Waals surface area contributed by atoms with Crippen LogP contribution < -0.4 is 4.74 Å². The van der Waals surface area contributed by atoms with Gasteiger partial charge in [-0.1, -0.05) is 71.0 Å². The zero-order chi connectivity index (χ0) is 13.9. The van der Waals surface area contributed by atoms with E-state index in [-0.39, 0.29) is 16.1 Å². The zero-order valence-electron chi connectivity index (χ0n) is 10.4. The van der Waals surface area contributed by atoms with Crippen molar-refractivity contribution in [1.82, 2.24) is 0 Å². The molecule has 2 aromatic carbocycles. The molecule has 0 amide bonds. The first kappa shape index (κ1) is 13.0. The van der Waals surface area contributed by atoms with E-state index in [0.717, 1.165) is 20.8 Å². The summed E-state index contributed by atoms with van der Waals surface area (Å²) in [6, 6.07) is 18.5. The van der Waals surface area contributed by atoms with Crippen LogP contribution in [0.25, 0.3) is 10.4 Å². The van der Waals surface area contributed by atoms with Crippen molar-refractivity contribution >= 4 is 26.5 Å². The number of hydrogen-bond acceptors (Lipinski definition) is 4. The molecule has 3 rings (SSSR count). The first-order valence-corrected chi connectivity index (χ1v) is 8.20. The van der Waals surface area contributed by atoms with Gasteiger partial charge in [0.05, 0.1) is 4.88 Å². The molecule has 0 spiro atoms. The van der Waals surface area contributed by atoms with Gasteiger partial charge in [0.2, 0.25) is 0 Å². The van der Waals surface area contributed by atoms with Gasteiger partial charge in [-0.25, -0.2) is 0 Å². The Kier molecular flexibility index (Phi) is 3.58. The Balaban J connectivity index is 2.14. The van der Waals surface area contributed by atoms with Crippen molar-refractivity contribution in [3.8, 4) is 10.4 Å². The molecule has 0 atom stereocenters. The van der Waals surface area contributed by atoms with Gasteiger partial charge in [0, 0.05) is 5.56 Å². The number of ketones is 1. The molecule has 98 valence electrons. The molecule has 4 heteroatoms. The number of hydrogen-bond donors (Lipinski definition) is 0. The molecule has 0 fully saturated rings. The first-order chi connectivity index (χ1) is 9.77. The van der Waals surface area contributed by atoms with Crippen LogP contribution >= 0.6 is 20.7 Å². The second-order valence-corrected chi connectivity index (χ2v) is 6.33. The molecular formula is C16H10O2S2. The third kappa shape index (κ3) is 2.35. The smallest absolute Gasteiger partial charge is 0.254 e. The van der Waals surface area contributed by atoms with Crippen molar-refractivity contribution in [2.24, 2.45) is 0 Å². The summed E-state index contributed by atoms with van der Waals surface area (Å²) in [5.41, 5.74) is 1.75. The maximum absolute atomic E-state index is 12.5. The first-order valence-electron chi connectivity index (χ1n) is 6.05. The van der Waals surface area contributed by atoms with E-state index < -0.39 is 0 Å². The van der Waals surface area contributed by atoms with Gasteiger partial charge in [-0.05, 0) is 15.9 Å². The highest BCUT2D eigenvalue weighted by Crippen LogP contribution is 2.30. The maximum Gasteiger partial charge on any atom is 0.254 e. The molecule has 1 heterocycles. The molecule has 2 nitrogen and oxygen atoms in total. The lowest BCUT2D eigenvalue weighted by Gasteiger charge is -2.02. The topological polar surface area (TPSA) is 34.1 Å². The average molecular weight is 298 g/mol. The normalized spacial score (nSPS) is 10.4. The molecule has 1 aromatic heterocycles. The standard InChI is InChI=1S/C16H10O2S2/c17-14(11-7-3-1-4-8-11)13-15(19-20-16(13)18)12-9-5-2-6-10-12/h1-10H. The Morgan fingerprint density at radius 3 is 2.05 bits per heavy atom. The van der Waals surface area contributed by atoms with Gasteiger partial charge in [0.25, 0.3) is 4.74 Å². The third-order valence-electron chi connectivity index (χ3n) is 2.93. The van der Waals surface area contributed by atoms with E-state index in [1.54, 1.807) is 24.3 Å². The Labute approximate surface area is 123 Å². The molecule has 0 unspecified atom stereocenters. The van der Waals surface area contributed by atoms with Gasteiger partial charge in [0.15, 0.2) is 5.78 Å². The SMILES string of the molecule is O=C(c1ccccc1)c1c(-c2ccccc2)ssc1=O. The molecular weight excluding hydrogens is 288 g/mol. The predicted molar refractivity (Wildman–Crippen MR) is 83.8 cm³/mol. The highest BCUT2D eigenvalue weighted by atomic mass is 32.9. The third-order valence-corrected chi connectivity index (χ3v) is 5.18. The molecule has 20 heavy (non-hydrogen) atoms. The zero-order valence-corrected chi connectivity index (χ0v) is 12.0. The summed E-state index contributed by atoms with van der Waals surface area (Å²) in [5.74, 6) is -0.202. The number of rotatable bonds is 3. The van der Waals surface area contributed by atoms with E-state index in [4.69, 9.17) is 0 Å². The van der Waals surface area contributed by atoms with Gasteiger partial charge < -0.3 is 0 Å². The van der Waals surface area contributed by atoms with Crippen molar-refractivity contribution in [2.75, 3.05) is 0 Å². The minimum atomic E-state index is -0.202. The van der Waals surface area contributed by atoms with Crippen LogP contribution in [0.2, 0.25) is 0 Å². The van der Waals surface area contributed by atoms with Gasteiger partial charge in [-0.15, -0.1) is 0 Å². The van der Waals surface area contributed by atoms with E-state index >= 15 is 0 Å². The fraction of sp³-hybridized carbons (Fsp3) is 0. The van der Waals surface area contributed by atoms with E-state index in [2.05, 4.69) is 0 Å². The molecule has 0 saturated heterocycles. The highest BCUT2D eigenvalue weighted by Gasteiger charge is 2.20. The maximum atomic E-state index is 12.5. The Morgan fingerprint density at radius 2 is 1.40 bits per heavy atom. The van der Waals surface area contributed by atoms with Crippen LogP contribution in [0.5, 0.6) is 0 Å². The van der Waals surface area contributed by atoms with Crippen molar-refractivity contribution < 1.29 is 4.79 Å². The minimum Gasteiger partial charge on any atom is -0.288 e. The van der Waals surface area contributed by atoms with E-state index in [0.29, 0.717) is 5.56 Å². The molecule has 0 bridgehead atoms. The number of benzene rings is 2. The number of carbonyl (C=O) groups is 1. The molecule has 3 aromatic rings. The predicted octanol–water partition coefficient (Wildman–Crippen LogP) is 4.07. The summed E-state index contributed by atoms with van der Waals surface area (Å²) < 4.78 is -0.164. The van der Waals surface area contributed by atoms with Crippen LogP contribution in [0.3, 0.4) is 0 Å². The van der Waals surface area contributed by atoms with Gasteiger partial charge in [0.1, 0.15) is 5.56 Å². The van der Waals surface area contributed by atoms with Crippen LogP contribution in [0, 0.1) is 0 Å². The summed E-state index contributed by atoms with van der Waals surface area (Å²) >= 11 is 0. The van der Waals surface area contributed by atoms with Crippen molar-refractivity contribution in [3.63, 3.8) is 0 Å². The second-order valence-electron chi connectivity index (χ2n) is 4.22. The van der Waals surface area contributed by atoms with Gasteiger partial charge >= 0.3 is 0 Å². The van der Waals surface area contributed by atoms with Crippen molar-refractivity contribution in [3.05, 3.63) is 81.3 Å². The fourth-order valence-corrected chi connectivity index (χ4v) is 4.24. The highest BCUT2D eigenvalue weighted by molar-refractivity contribution is 7.70. The molecule has 0 saturated carbocycles. The molecule has 0 radical (unpaired) electrons. The van der Waals surface area contributed by atoms with Crippen molar-refractivity contribution in [2.45, 2.75) is 0 Å². The lowest BCUT2D eigenvalue weighted by molar-refractivity contribution is 0.103. The summed E-state index contributed by atoms with van der Waals surface area (Å²) in [6.45, 7) is 0. The van der Waals surface area contributed by atoms with Gasteiger partial charge in [-0.3, -0.25) is 9.59 Å². The second kappa shape index (κ2) is 5.53. The molecule has 0 aliphatic heterocycles. The lowest BCUT2D eigenvalue weighted by atomic mass is 10.0. The van der Waals surface area contributed by atoms with Gasteiger partial charge in [-0.2, -0.15) is 0 Å². The van der Waals surface area contributed by atoms with E-state index in [1.807, 2.05) is 36.4 Å². The Hall–Kier alpha value is -2.04. The van der Waals surface area contributed by atoms with Crippen LogP contribution in [0.4, 0.5) is 0 Å². The van der Waals surface area contributed by atoms with E-state index in [1.165, 1.54) is 10.3 Å². The lowest BCUT2D eigenvalue weighted by Crippen LogP contribution is -2.11. The summed E-state index contributed by atoms with van der Waals surface area (Å²) in [5, 5.41) is 0. The molecule has 0 N–H and O–H groups in total. The Morgan fingerprint density at radius 1 is 0.800 bits per heavy atom. The van der Waals surface area contributed by atoms with Crippen LogP contribution in [-0.4, -0.2) is 5.78 Å². The molecule has 0 aliphatic carbocycles. The summed E-state index contributed by atoms with van der Waals surface area (Å²) in [6.07, 6.45) is 0. The molecule has 0 aliphatic rings. The summed E-state index contributed by atoms with van der Waals surface area (Å²) in [7, 11) is 2.47. The quantitative estimate of drug-likeness (QED) is 0.539. The van der Waals surface area contributed by atoms with Crippen LogP contribution in [-0.2, 0) is 0 Å². The number of carbonyl (C=O) groups excluding carboxylic acids is 1. The fourth-order valence-electron chi connectivity index (χ4n) is 1.97. The largest absolute Gasteiger partial charge is 0.288 e. The minimum absolute atomic E-state index is 0.164. The summed E-state index contributed by atoms with van der Waals surface area (Å²) in [4.78, 5) is 25.3. The monoisotopic (exact) mass is 298 g/mol. The Bertz CT molecular complexity index is 786.